The van der Waals surface area contributed by atoms with Gasteiger partial charge in [-0.15, -0.1) is 11.3 Å². The average molecular weight is 334 g/mol. The Morgan fingerprint density at radius 2 is 1.78 bits per heavy atom. The van der Waals surface area contributed by atoms with Crippen molar-refractivity contribution in [1.29, 1.82) is 0 Å². The molecule has 0 atom stereocenters. The lowest BCUT2D eigenvalue weighted by Gasteiger charge is -2.02. The molecule has 0 aliphatic heterocycles. The number of thiazole rings is 1. The van der Waals surface area contributed by atoms with E-state index in [1.807, 2.05) is 0 Å². The molecule has 0 fully saturated rings. The number of nitrogens with zero attached hydrogens (tertiary/aromatic N) is 3. The SMILES string of the molecule is O=C(Nc1nc2c(s1)CCC2)c1cc([N+](=O)[O-])cc([N+](=O)[O-])c1. The zero-order valence-corrected chi connectivity index (χ0v) is 12.5. The lowest BCUT2D eigenvalue weighted by atomic mass is 10.1. The molecule has 118 valence electrons. The Morgan fingerprint density at radius 3 is 2.35 bits per heavy atom. The quantitative estimate of drug-likeness (QED) is 0.676. The topological polar surface area (TPSA) is 128 Å². The second kappa shape index (κ2) is 5.72. The highest BCUT2D eigenvalue weighted by Crippen LogP contribution is 2.31. The highest BCUT2D eigenvalue weighted by Gasteiger charge is 2.22. The molecule has 0 bridgehead atoms. The lowest BCUT2D eigenvalue weighted by Crippen LogP contribution is -2.12. The van der Waals surface area contributed by atoms with Crippen molar-refractivity contribution in [2.75, 3.05) is 5.32 Å². The van der Waals surface area contributed by atoms with Gasteiger partial charge in [-0.3, -0.25) is 30.3 Å². The number of carbonyl (C=O) groups is 1. The van der Waals surface area contributed by atoms with Crippen molar-refractivity contribution in [2.24, 2.45) is 0 Å². The molecule has 0 radical (unpaired) electrons. The van der Waals surface area contributed by atoms with E-state index in [4.69, 9.17) is 0 Å². The minimum atomic E-state index is -0.776. The van der Waals surface area contributed by atoms with Gasteiger partial charge in [0.25, 0.3) is 17.3 Å². The first-order valence-corrected chi connectivity index (χ1v) is 7.49. The number of carbonyl (C=O) groups excluding carboxylic acids is 1. The Hall–Kier alpha value is -2.88. The van der Waals surface area contributed by atoms with Gasteiger partial charge in [0, 0.05) is 17.0 Å². The molecule has 1 aromatic heterocycles. The van der Waals surface area contributed by atoms with Crippen LogP contribution in [-0.4, -0.2) is 20.7 Å². The van der Waals surface area contributed by atoms with Crippen LogP contribution in [0, 0.1) is 20.2 Å². The minimum Gasteiger partial charge on any atom is -0.298 e. The van der Waals surface area contributed by atoms with Gasteiger partial charge < -0.3 is 0 Å². The Bertz CT molecular complexity index is 778. The first kappa shape index (κ1) is 15.0. The monoisotopic (exact) mass is 334 g/mol. The number of nitrogens with one attached hydrogen (secondary N) is 1. The largest absolute Gasteiger partial charge is 0.298 e. The molecule has 1 aromatic carbocycles. The van der Waals surface area contributed by atoms with Gasteiger partial charge in [-0.1, -0.05) is 0 Å². The van der Waals surface area contributed by atoms with Crippen LogP contribution in [0.3, 0.4) is 0 Å². The van der Waals surface area contributed by atoms with Crippen molar-refractivity contribution in [1.82, 2.24) is 4.98 Å². The molecule has 1 aliphatic rings. The molecule has 1 amide bonds. The number of non-ortho nitro benzene ring substituents is 2. The van der Waals surface area contributed by atoms with Crippen LogP contribution in [0.4, 0.5) is 16.5 Å². The summed E-state index contributed by atoms with van der Waals surface area (Å²) in [6.07, 6.45) is 2.83. The van der Waals surface area contributed by atoms with Crippen LogP contribution in [0.15, 0.2) is 18.2 Å². The molecule has 0 saturated heterocycles. The summed E-state index contributed by atoms with van der Waals surface area (Å²) < 4.78 is 0. The van der Waals surface area contributed by atoms with Crippen LogP contribution in [0.1, 0.15) is 27.3 Å². The summed E-state index contributed by atoms with van der Waals surface area (Å²) in [6.45, 7) is 0. The lowest BCUT2D eigenvalue weighted by molar-refractivity contribution is -0.394. The summed E-state index contributed by atoms with van der Waals surface area (Å²) in [7, 11) is 0. The van der Waals surface area contributed by atoms with Gasteiger partial charge in [0.2, 0.25) is 0 Å². The van der Waals surface area contributed by atoms with Crippen molar-refractivity contribution in [3.8, 4) is 0 Å². The molecule has 1 N–H and O–H groups in total. The number of rotatable bonds is 4. The van der Waals surface area contributed by atoms with Crippen molar-refractivity contribution < 1.29 is 14.6 Å². The first-order valence-electron chi connectivity index (χ1n) is 6.68. The first-order chi connectivity index (χ1) is 10.9. The van der Waals surface area contributed by atoms with Gasteiger partial charge in [-0.25, -0.2) is 4.98 Å². The van der Waals surface area contributed by atoms with Gasteiger partial charge in [0.15, 0.2) is 5.13 Å². The number of amides is 1. The average Bonchev–Trinajstić information content (AvgIpc) is 3.07. The van der Waals surface area contributed by atoms with E-state index in [-0.39, 0.29) is 5.56 Å². The van der Waals surface area contributed by atoms with E-state index in [0.29, 0.717) is 5.13 Å². The van der Waals surface area contributed by atoms with Gasteiger partial charge in [0.1, 0.15) is 0 Å². The zero-order chi connectivity index (χ0) is 16.6. The number of hydrogen-bond donors (Lipinski definition) is 1. The van der Waals surface area contributed by atoms with Gasteiger partial charge in [-0.2, -0.15) is 0 Å². The van der Waals surface area contributed by atoms with Crippen molar-refractivity contribution in [2.45, 2.75) is 19.3 Å². The molecule has 2 aromatic rings. The Kier molecular flexibility index (Phi) is 3.74. The number of aryl methyl sites for hydroxylation is 2. The maximum Gasteiger partial charge on any atom is 0.277 e. The fourth-order valence-corrected chi connectivity index (χ4v) is 3.40. The summed E-state index contributed by atoms with van der Waals surface area (Å²) in [5, 5.41) is 24.6. The summed E-state index contributed by atoms with van der Waals surface area (Å²) >= 11 is 1.36. The number of benzene rings is 1. The standard InChI is InChI=1S/C13H10N4O5S/c18-12(15-13-14-10-2-1-3-11(10)23-13)7-4-8(16(19)20)6-9(5-7)17(21)22/h4-6H,1-3H2,(H,14,15,18). The number of nitro benzene ring substituents is 2. The van der Waals surface area contributed by atoms with E-state index in [2.05, 4.69) is 10.3 Å². The summed E-state index contributed by atoms with van der Waals surface area (Å²) in [5.74, 6) is -0.663. The minimum absolute atomic E-state index is 0.152. The molecule has 3 rings (SSSR count). The molecule has 0 unspecified atom stereocenters. The summed E-state index contributed by atoms with van der Waals surface area (Å²) in [4.78, 5) is 37.7. The van der Waals surface area contributed by atoms with Crippen molar-refractivity contribution >= 4 is 33.8 Å². The third kappa shape index (κ3) is 3.01. The molecular formula is C13H10N4O5S. The molecule has 0 saturated carbocycles. The van der Waals surface area contributed by atoms with Crippen LogP contribution in [0.25, 0.3) is 0 Å². The predicted molar refractivity (Wildman–Crippen MR) is 81.8 cm³/mol. The van der Waals surface area contributed by atoms with Gasteiger partial charge in [-0.05, 0) is 19.3 Å². The molecule has 9 nitrogen and oxygen atoms in total. The zero-order valence-electron chi connectivity index (χ0n) is 11.6. The van der Waals surface area contributed by atoms with Crippen LogP contribution < -0.4 is 5.32 Å². The smallest absolute Gasteiger partial charge is 0.277 e. The number of fused-ring (bicyclic) bond motifs is 1. The second-order valence-electron chi connectivity index (χ2n) is 4.95. The molecule has 23 heavy (non-hydrogen) atoms. The summed E-state index contributed by atoms with van der Waals surface area (Å²) in [6, 6.07) is 2.82. The normalized spacial score (nSPS) is 12.7. The van der Waals surface area contributed by atoms with Crippen LogP contribution in [0.2, 0.25) is 0 Å². The number of aromatic nitrogens is 1. The number of hydrogen-bond acceptors (Lipinski definition) is 7. The van der Waals surface area contributed by atoms with Crippen LogP contribution in [-0.2, 0) is 12.8 Å². The van der Waals surface area contributed by atoms with E-state index in [1.165, 1.54) is 11.3 Å². The van der Waals surface area contributed by atoms with Crippen molar-refractivity contribution in [3.05, 3.63) is 54.6 Å². The number of anilines is 1. The van der Waals surface area contributed by atoms with E-state index >= 15 is 0 Å². The number of nitro groups is 2. The van der Waals surface area contributed by atoms with Crippen LogP contribution >= 0.6 is 11.3 Å². The highest BCUT2D eigenvalue weighted by atomic mass is 32.1. The Balaban J connectivity index is 1.88. The van der Waals surface area contributed by atoms with E-state index in [0.717, 1.165) is 48.0 Å². The van der Waals surface area contributed by atoms with E-state index in [9.17, 15) is 25.0 Å². The second-order valence-corrected chi connectivity index (χ2v) is 6.03. The maximum atomic E-state index is 12.2. The van der Waals surface area contributed by atoms with E-state index in [1.54, 1.807) is 0 Å². The molecule has 0 spiro atoms. The highest BCUT2D eigenvalue weighted by molar-refractivity contribution is 7.16. The maximum absolute atomic E-state index is 12.2. The third-order valence-corrected chi connectivity index (χ3v) is 4.48. The fraction of sp³-hybridized carbons (Fsp3) is 0.231. The Labute approximate surface area is 133 Å². The molecular weight excluding hydrogens is 324 g/mol. The van der Waals surface area contributed by atoms with Gasteiger partial charge >= 0.3 is 0 Å². The van der Waals surface area contributed by atoms with E-state index < -0.39 is 27.1 Å². The molecule has 10 heteroatoms. The molecule has 1 heterocycles. The fourth-order valence-electron chi connectivity index (χ4n) is 2.35. The van der Waals surface area contributed by atoms with Crippen molar-refractivity contribution in [3.63, 3.8) is 0 Å². The third-order valence-electron chi connectivity index (χ3n) is 3.40. The van der Waals surface area contributed by atoms with Crippen LogP contribution in [0.5, 0.6) is 0 Å². The molecule has 1 aliphatic carbocycles. The Morgan fingerprint density at radius 1 is 1.13 bits per heavy atom. The summed E-state index contributed by atoms with van der Waals surface area (Å²) in [5.41, 5.74) is -0.214. The van der Waals surface area contributed by atoms with Gasteiger partial charge in [0.05, 0.1) is 27.2 Å². The predicted octanol–water partition coefficient (Wildman–Crippen LogP) is 2.70.